The molecular formula is C12H13FN2. The summed E-state index contributed by atoms with van der Waals surface area (Å²) >= 11 is 0. The van der Waals surface area contributed by atoms with Crippen molar-refractivity contribution >= 4 is 10.9 Å². The first kappa shape index (κ1) is 8.92. The van der Waals surface area contributed by atoms with Crippen LogP contribution in [0.2, 0.25) is 0 Å². The van der Waals surface area contributed by atoms with Crippen molar-refractivity contribution in [2.24, 2.45) is 11.7 Å². The van der Waals surface area contributed by atoms with E-state index in [4.69, 9.17) is 5.73 Å². The van der Waals surface area contributed by atoms with E-state index in [2.05, 4.69) is 4.98 Å². The Labute approximate surface area is 87.3 Å². The minimum absolute atomic E-state index is 0.0561. The van der Waals surface area contributed by atoms with Gasteiger partial charge in [-0.3, -0.25) is 0 Å². The molecule has 0 saturated heterocycles. The minimum Gasteiger partial charge on any atom is -0.361 e. The zero-order valence-electron chi connectivity index (χ0n) is 8.33. The van der Waals surface area contributed by atoms with Crippen molar-refractivity contribution in [3.8, 4) is 0 Å². The van der Waals surface area contributed by atoms with Crippen molar-refractivity contribution in [3.63, 3.8) is 0 Å². The van der Waals surface area contributed by atoms with Gasteiger partial charge in [0.2, 0.25) is 0 Å². The van der Waals surface area contributed by atoms with Gasteiger partial charge in [0.15, 0.2) is 0 Å². The third kappa shape index (κ3) is 1.43. The van der Waals surface area contributed by atoms with Crippen LogP contribution in [0.25, 0.3) is 10.9 Å². The average molecular weight is 204 g/mol. The number of aromatic amines is 1. The molecule has 1 aliphatic carbocycles. The number of hydrogen-bond donors (Lipinski definition) is 2. The van der Waals surface area contributed by atoms with Crippen LogP contribution in [0, 0.1) is 11.7 Å². The molecule has 1 atom stereocenters. The number of rotatable bonds is 2. The molecule has 3 N–H and O–H groups in total. The van der Waals surface area contributed by atoms with Gasteiger partial charge in [0.05, 0.1) is 0 Å². The molecule has 1 aromatic heterocycles. The largest absolute Gasteiger partial charge is 0.361 e. The molecule has 2 nitrogen and oxygen atoms in total. The monoisotopic (exact) mass is 204 g/mol. The standard InChI is InChI=1S/C12H13FN2/c13-8-3-4-11-9(5-8)10(6-15-11)12(14)7-1-2-7/h3-7,12,15H,1-2,14H2. The van der Waals surface area contributed by atoms with Crippen molar-refractivity contribution in [1.29, 1.82) is 0 Å². The van der Waals surface area contributed by atoms with E-state index in [1.54, 1.807) is 12.1 Å². The number of halogens is 1. The van der Waals surface area contributed by atoms with E-state index in [0.29, 0.717) is 5.92 Å². The molecular weight excluding hydrogens is 191 g/mol. The van der Waals surface area contributed by atoms with Crippen LogP contribution in [0.5, 0.6) is 0 Å². The van der Waals surface area contributed by atoms with Gasteiger partial charge in [-0.25, -0.2) is 4.39 Å². The summed E-state index contributed by atoms with van der Waals surface area (Å²) in [5, 5.41) is 0.925. The predicted molar refractivity (Wildman–Crippen MR) is 57.9 cm³/mol. The van der Waals surface area contributed by atoms with Crippen LogP contribution >= 0.6 is 0 Å². The predicted octanol–water partition coefficient (Wildman–Crippen LogP) is 2.72. The van der Waals surface area contributed by atoms with E-state index in [9.17, 15) is 4.39 Å². The molecule has 1 saturated carbocycles. The number of H-pyrrole nitrogens is 1. The quantitative estimate of drug-likeness (QED) is 0.776. The highest BCUT2D eigenvalue weighted by molar-refractivity contribution is 5.83. The normalized spacial score (nSPS) is 18.3. The van der Waals surface area contributed by atoms with Gasteiger partial charge < -0.3 is 10.7 Å². The van der Waals surface area contributed by atoms with Crippen molar-refractivity contribution in [2.75, 3.05) is 0 Å². The van der Waals surface area contributed by atoms with Crippen LogP contribution in [-0.2, 0) is 0 Å². The molecule has 0 aliphatic heterocycles. The highest BCUT2D eigenvalue weighted by Gasteiger charge is 2.30. The zero-order valence-corrected chi connectivity index (χ0v) is 8.33. The minimum atomic E-state index is -0.202. The molecule has 1 aromatic carbocycles. The summed E-state index contributed by atoms with van der Waals surface area (Å²) in [4.78, 5) is 3.13. The van der Waals surface area contributed by atoms with Crippen LogP contribution in [0.15, 0.2) is 24.4 Å². The van der Waals surface area contributed by atoms with Crippen LogP contribution in [0.1, 0.15) is 24.4 Å². The maximum Gasteiger partial charge on any atom is 0.123 e. The first-order chi connectivity index (χ1) is 7.25. The lowest BCUT2D eigenvalue weighted by Gasteiger charge is -2.08. The number of fused-ring (bicyclic) bond motifs is 1. The van der Waals surface area contributed by atoms with Crippen LogP contribution in [-0.4, -0.2) is 4.98 Å². The Balaban J connectivity index is 2.13. The Bertz CT molecular complexity index is 499. The topological polar surface area (TPSA) is 41.8 Å². The lowest BCUT2D eigenvalue weighted by atomic mass is 10.0. The second-order valence-electron chi connectivity index (χ2n) is 4.30. The second-order valence-corrected chi connectivity index (χ2v) is 4.30. The molecule has 3 heteroatoms. The summed E-state index contributed by atoms with van der Waals surface area (Å²) in [6.45, 7) is 0. The Morgan fingerprint density at radius 1 is 1.40 bits per heavy atom. The Morgan fingerprint density at radius 2 is 2.20 bits per heavy atom. The maximum atomic E-state index is 13.1. The SMILES string of the molecule is NC(c1c[nH]c2ccc(F)cc12)C1CC1. The van der Waals surface area contributed by atoms with E-state index in [-0.39, 0.29) is 11.9 Å². The third-order valence-corrected chi connectivity index (χ3v) is 3.16. The summed E-state index contributed by atoms with van der Waals surface area (Å²) in [5.74, 6) is 0.388. The van der Waals surface area contributed by atoms with Gasteiger partial charge in [0, 0.05) is 23.1 Å². The van der Waals surface area contributed by atoms with Crippen molar-refractivity contribution < 1.29 is 4.39 Å². The fourth-order valence-corrected chi connectivity index (χ4v) is 2.10. The molecule has 1 fully saturated rings. The van der Waals surface area contributed by atoms with Gasteiger partial charge in [-0.15, -0.1) is 0 Å². The van der Waals surface area contributed by atoms with E-state index in [0.717, 1.165) is 16.5 Å². The van der Waals surface area contributed by atoms with Gasteiger partial charge in [-0.1, -0.05) is 0 Å². The summed E-state index contributed by atoms with van der Waals surface area (Å²) < 4.78 is 13.1. The van der Waals surface area contributed by atoms with Crippen molar-refractivity contribution in [3.05, 3.63) is 35.8 Å². The number of aromatic nitrogens is 1. The fourth-order valence-electron chi connectivity index (χ4n) is 2.10. The van der Waals surface area contributed by atoms with Gasteiger partial charge in [-0.2, -0.15) is 0 Å². The molecule has 2 aromatic rings. The van der Waals surface area contributed by atoms with E-state index in [1.807, 2.05) is 6.20 Å². The second kappa shape index (κ2) is 3.07. The Kier molecular flexibility index (Phi) is 1.83. The van der Waals surface area contributed by atoms with Crippen LogP contribution < -0.4 is 5.73 Å². The molecule has 3 rings (SSSR count). The summed E-state index contributed by atoms with van der Waals surface area (Å²) in [7, 11) is 0. The number of hydrogen-bond acceptors (Lipinski definition) is 1. The van der Waals surface area contributed by atoms with Crippen molar-refractivity contribution in [2.45, 2.75) is 18.9 Å². The lowest BCUT2D eigenvalue weighted by Crippen LogP contribution is -2.11. The molecule has 1 unspecified atom stereocenters. The first-order valence-electron chi connectivity index (χ1n) is 5.28. The number of nitrogens with two attached hydrogens (primary N) is 1. The first-order valence-corrected chi connectivity index (χ1v) is 5.28. The molecule has 15 heavy (non-hydrogen) atoms. The number of nitrogens with one attached hydrogen (secondary N) is 1. The molecule has 0 spiro atoms. The van der Waals surface area contributed by atoms with Gasteiger partial charge in [-0.05, 0) is 42.5 Å². The number of benzene rings is 1. The van der Waals surface area contributed by atoms with Crippen LogP contribution in [0.4, 0.5) is 4.39 Å². The highest BCUT2D eigenvalue weighted by atomic mass is 19.1. The molecule has 1 aliphatic rings. The van der Waals surface area contributed by atoms with E-state index in [1.165, 1.54) is 18.9 Å². The molecule has 0 amide bonds. The summed E-state index contributed by atoms with van der Waals surface area (Å²) in [6.07, 6.45) is 4.30. The highest BCUT2D eigenvalue weighted by Crippen LogP contribution is 2.41. The third-order valence-electron chi connectivity index (χ3n) is 3.16. The Morgan fingerprint density at radius 3 is 2.93 bits per heavy atom. The van der Waals surface area contributed by atoms with Gasteiger partial charge in [0.1, 0.15) is 5.82 Å². The fraction of sp³-hybridized carbons (Fsp3) is 0.333. The summed E-state index contributed by atoms with van der Waals surface area (Å²) in [6, 6.07) is 4.84. The Hall–Kier alpha value is -1.35. The van der Waals surface area contributed by atoms with E-state index < -0.39 is 0 Å². The van der Waals surface area contributed by atoms with Crippen LogP contribution in [0.3, 0.4) is 0 Å². The zero-order chi connectivity index (χ0) is 10.4. The van der Waals surface area contributed by atoms with Crippen molar-refractivity contribution in [1.82, 2.24) is 4.98 Å². The molecule has 0 bridgehead atoms. The van der Waals surface area contributed by atoms with E-state index >= 15 is 0 Å². The smallest absolute Gasteiger partial charge is 0.123 e. The van der Waals surface area contributed by atoms with Gasteiger partial charge >= 0.3 is 0 Å². The summed E-state index contributed by atoms with van der Waals surface area (Å²) in [5.41, 5.74) is 8.13. The molecule has 1 heterocycles. The average Bonchev–Trinajstić information content (AvgIpc) is 2.98. The van der Waals surface area contributed by atoms with Gasteiger partial charge in [0.25, 0.3) is 0 Å². The molecule has 78 valence electrons. The lowest BCUT2D eigenvalue weighted by molar-refractivity contribution is 0.626. The molecule has 0 radical (unpaired) electrons. The maximum absolute atomic E-state index is 13.1.